The Morgan fingerprint density at radius 2 is 1.86 bits per heavy atom. The van der Waals surface area contributed by atoms with Crippen molar-refractivity contribution >= 4 is 68.6 Å². The number of carbonyl (C=O) groups is 1. The highest BCUT2D eigenvalue weighted by atomic mass is 127. The third-order valence-electron chi connectivity index (χ3n) is 5.37. The number of hydrogen-bond donors (Lipinski definition) is 0. The Kier molecular flexibility index (Phi) is 8.35. The normalized spacial score (nSPS) is 15.7. The number of aromatic nitrogens is 1. The van der Waals surface area contributed by atoms with Crippen LogP contribution in [0.1, 0.15) is 44.9 Å². The highest BCUT2D eigenvalue weighted by Crippen LogP contribution is 2.32. The number of rotatable bonds is 6. The molecule has 0 N–H and O–H groups in total. The first-order valence-corrected chi connectivity index (χ1v) is 14.2. The zero-order valence-corrected chi connectivity index (χ0v) is 25.1. The standard InChI is InChI=1S/C26H23FI2N2O4S/c1-5-34-25(33)21-14(4)30-26-31(22(21)16-6-8-17(27)9-7-16)24(32)20(36-26)12-15-10-18(28)23(19(29)11-15)35-13(2)3/h6-13,22H,5H2,1-4H3/b20-12-/t22-/m0/s1. The smallest absolute Gasteiger partial charge is 0.338 e. The molecule has 0 saturated carbocycles. The van der Waals surface area contributed by atoms with Gasteiger partial charge in [0.15, 0.2) is 4.80 Å². The molecule has 0 bridgehead atoms. The van der Waals surface area contributed by atoms with Crippen molar-refractivity contribution in [2.24, 2.45) is 4.99 Å². The Morgan fingerprint density at radius 3 is 2.44 bits per heavy atom. The fourth-order valence-electron chi connectivity index (χ4n) is 3.91. The van der Waals surface area contributed by atoms with Gasteiger partial charge >= 0.3 is 5.97 Å². The van der Waals surface area contributed by atoms with E-state index in [1.165, 1.54) is 28.0 Å². The van der Waals surface area contributed by atoms with Crippen LogP contribution in [0.2, 0.25) is 0 Å². The molecule has 1 atom stereocenters. The molecular weight excluding hydrogens is 709 g/mol. The molecule has 0 aliphatic carbocycles. The Morgan fingerprint density at radius 1 is 1.22 bits per heavy atom. The van der Waals surface area contributed by atoms with Crippen LogP contribution < -0.4 is 19.6 Å². The molecule has 10 heteroatoms. The highest BCUT2D eigenvalue weighted by Gasteiger charge is 2.33. The molecule has 3 aromatic rings. The van der Waals surface area contributed by atoms with E-state index in [-0.39, 0.29) is 23.8 Å². The predicted molar refractivity (Wildman–Crippen MR) is 154 cm³/mol. The van der Waals surface area contributed by atoms with Gasteiger partial charge in [0.1, 0.15) is 11.6 Å². The van der Waals surface area contributed by atoms with Crippen molar-refractivity contribution in [3.05, 3.63) is 91.4 Å². The van der Waals surface area contributed by atoms with Crippen molar-refractivity contribution in [2.45, 2.75) is 39.8 Å². The topological polar surface area (TPSA) is 69.9 Å². The van der Waals surface area contributed by atoms with Crippen LogP contribution in [0.3, 0.4) is 0 Å². The zero-order chi connectivity index (χ0) is 26.1. The molecule has 0 unspecified atom stereocenters. The molecular formula is C26H23FI2N2O4S. The summed E-state index contributed by atoms with van der Waals surface area (Å²) < 4.78 is 28.8. The monoisotopic (exact) mass is 732 g/mol. The van der Waals surface area contributed by atoms with Crippen LogP contribution in [0.4, 0.5) is 4.39 Å². The molecule has 2 heterocycles. The van der Waals surface area contributed by atoms with E-state index in [1.54, 1.807) is 26.0 Å². The van der Waals surface area contributed by atoms with Crippen molar-refractivity contribution in [3.8, 4) is 5.75 Å². The quantitative estimate of drug-likeness (QED) is 0.267. The van der Waals surface area contributed by atoms with Gasteiger partial charge in [-0.1, -0.05) is 23.5 Å². The largest absolute Gasteiger partial charge is 0.489 e. The lowest BCUT2D eigenvalue weighted by atomic mass is 9.96. The maximum atomic E-state index is 13.7. The summed E-state index contributed by atoms with van der Waals surface area (Å²) in [4.78, 5) is 31.6. The lowest BCUT2D eigenvalue weighted by Crippen LogP contribution is -2.39. The minimum absolute atomic E-state index is 0.0462. The summed E-state index contributed by atoms with van der Waals surface area (Å²) in [6, 6.07) is 8.93. The second-order valence-electron chi connectivity index (χ2n) is 8.33. The summed E-state index contributed by atoms with van der Waals surface area (Å²) in [7, 11) is 0. The van der Waals surface area contributed by atoms with E-state index in [0.717, 1.165) is 18.5 Å². The Bertz CT molecular complexity index is 1520. The average Bonchev–Trinajstić information content (AvgIpc) is 3.10. The lowest BCUT2D eigenvalue weighted by Gasteiger charge is -2.24. The molecule has 6 nitrogen and oxygen atoms in total. The van der Waals surface area contributed by atoms with Crippen LogP contribution >= 0.6 is 56.5 Å². The number of thiazole rings is 1. The number of nitrogens with zero attached hydrogens (tertiary/aromatic N) is 2. The van der Waals surface area contributed by atoms with Gasteiger partial charge in [0.05, 0.1) is 41.7 Å². The second kappa shape index (κ2) is 11.1. The summed E-state index contributed by atoms with van der Waals surface area (Å²) in [6.07, 6.45) is 1.86. The summed E-state index contributed by atoms with van der Waals surface area (Å²) >= 11 is 5.71. The molecule has 0 spiro atoms. The lowest BCUT2D eigenvalue weighted by molar-refractivity contribution is -0.139. The first-order valence-electron chi connectivity index (χ1n) is 11.2. The first-order chi connectivity index (χ1) is 17.1. The van der Waals surface area contributed by atoms with E-state index in [1.807, 2.05) is 32.1 Å². The van der Waals surface area contributed by atoms with E-state index < -0.39 is 17.8 Å². The number of carbonyl (C=O) groups excluding carboxylic acids is 1. The minimum Gasteiger partial charge on any atom is -0.489 e. The number of ether oxygens (including phenoxy) is 2. The van der Waals surface area contributed by atoms with Crippen LogP contribution in [0.5, 0.6) is 5.75 Å². The molecule has 0 radical (unpaired) electrons. The van der Waals surface area contributed by atoms with Crippen LogP contribution in [0.15, 0.2) is 57.5 Å². The average molecular weight is 732 g/mol. The molecule has 188 valence electrons. The molecule has 0 amide bonds. The van der Waals surface area contributed by atoms with E-state index in [4.69, 9.17) is 9.47 Å². The van der Waals surface area contributed by atoms with Gasteiger partial charge in [-0.05, 0) is 114 Å². The van der Waals surface area contributed by atoms with E-state index in [9.17, 15) is 14.0 Å². The van der Waals surface area contributed by atoms with Gasteiger partial charge in [-0.3, -0.25) is 9.36 Å². The van der Waals surface area contributed by atoms with Crippen molar-refractivity contribution in [1.29, 1.82) is 0 Å². The number of halogens is 3. The summed E-state index contributed by atoms with van der Waals surface area (Å²) in [5, 5.41) is 0. The fraction of sp³-hybridized carbons (Fsp3) is 0.269. The number of benzene rings is 2. The molecule has 1 aliphatic heterocycles. The number of esters is 1. The molecule has 1 aliphatic rings. The number of hydrogen-bond acceptors (Lipinski definition) is 6. The van der Waals surface area contributed by atoms with E-state index >= 15 is 0 Å². The minimum atomic E-state index is -0.773. The molecule has 0 saturated heterocycles. The van der Waals surface area contributed by atoms with Crippen LogP contribution in [0.25, 0.3) is 6.08 Å². The van der Waals surface area contributed by atoms with Crippen molar-refractivity contribution in [3.63, 3.8) is 0 Å². The van der Waals surface area contributed by atoms with Gasteiger partial charge in [0.25, 0.3) is 5.56 Å². The van der Waals surface area contributed by atoms with Crippen molar-refractivity contribution < 1.29 is 18.7 Å². The van der Waals surface area contributed by atoms with Crippen LogP contribution in [0, 0.1) is 13.0 Å². The highest BCUT2D eigenvalue weighted by molar-refractivity contribution is 14.1. The van der Waals surface area contributed by atoms with Gasteiger partial charge in [-0.2, -0.15) is 0 Å². The van der Waals surface area contributed by atoms with Crippen LogP contribution in [-0.2, 0) is 9.53 Å². The first kappa shape index (κ1) is 27.0. The van der Waals surface area contributed by atoms with Gasteiger partial charge in [-0.15, -0.1) is 0 Å². The van der Waals surface area contributed by atoms with Crippen molar-refractivity contribution in [1.82, 2.24) is 4.57 Å². The zero-order valence-electron chi connectivity index (χ0n) is 20.0. The van der Waals surface area contributed by atoms with Gasteiger partial charge in [-0.25, -0.2) is 14.2 Å². The molecule has 1 aromatic heterocycles. The molecule has 2 aromatic carbocycles. The summed E-state index contributed by atoms with van der Waals surface area (Å²) in [5.74, 6) is -0.137. The SMILES string of the molecule is CCOC(=O)C1=C(C)N=c2s/c(=C\c3cc(I)c(OC(C)C)c(I)c3)c(=O)n2[C@H]1c1ccc(F)cc1. The molecule has 4 rings (SSSR count). The number of fused-ring (bicyclic) bond motifs is 1. The fourth-order valence-corrected chi connectivity index (χ4v) is 7.03. The molecule has 36 heavy (non-hydrogen) atoms. The van der Waals surface area contributed by atoms with Gasteiger partial charge in [0.2, 0.25) is 0 Å². The Balaban J connectivity index is 1.90. The maximum absolute atomic E-state index is 13.7. The van der Waals surface area contributed by atoms with E-state index in [0.29, 0.717) is 20.6 Å². The Labute approximate surface area is 238 Å². The van der Waals surface area contributed by atoms with Crippen molar-refractivity contribution in [2.75, 3.05) is 6.61 Å². The predicted octanol–water partition coefficient (Wildman–Crippen LogP) is 4.93. The van der Waals surface area contributed by atoms with Gasteiger partial charge < -0.3 is 9.47 Å². The van der Waals surface area contributed by atoms with E-state index in [2.05, 4.69) is 50.2 Å². The van der Waals surface area contributed by atoms with Gasteiger partial charge in [0, 0.05) is 0 Å². The maximum Gasteiger partial charge on any atom is 0.338 e. The van der Waals surface area contributed by atoms with Crippen LogP contribution in [-0.4, -0.2) is 23.2 Å². The third-order valence-corrected chi connectivity index (χ3v) is 7.96. The second-order valence-corrected chi connectivity index (χ2v) is 11.7. The summed E-state index contributed by atoms with van der Waals surface area (Å²) in [5.41, 5.74) is 1.90. The number of allylic oxidation sites excluding steroid dienone is 1. The Hall–Kier alpha value is -2.06. The summed E-state index contributed by atoms with van der Waals surface area (Å²) in [6.45, 7) is 7.58. The third kappa shape index (κ3) is 5.44. The molecule has 0 fully saturated rings.